The molecule has 1 unspecified atom stereocenters. The molecule has 4 rings (SSSR count). The summed E-state index contributed by atoms with van der Waals surface area (Å²) in [6, 6.07) is 28.9. The lowest BCUT2D eigenvalue weighted by Crippen LogP contribution is -2.28. The number of fused-ring (bicyclic) bond motifs is 2. The van der Waals surface area contributed by atoms with Crippen LogP contribution in [0.15, 0.2) is 84.9 Å². The average Bonchev–Trinajstić information content (AvgIpc) is 2.68. The van der Waals surface area contributed by atoms with Gasteiger partial charge in [0, 0.05) is 0 Å². The summed E-state index contributed by atoms with van der Waals surface area (Å²) in [4.78, 5) is 12.6. The zero-order valence-electron chi connectivity index (χ0n) is 14.8. The summed E-state index contributed by atoms with van der Waals surface area (Å²) in [5, 5.41) is 7.85. The summed E-state index contributed by atoms with van der Waals surface area (Å²) in [7, 11) is 0. The molecule has 0 fully saturated rings. The van der Waals surface area contributed by atoms with Crippen molar-refractivity contribution >= 4 is 27.5 Å². The van der Waals surface area contributed by atoms with E-state index in [0.29, 0.717) is 6.42 Å². The van der Waals surface area contributed by atoms with Crippen molar-refractivity contribution in [3.8, 4) is 0 Å². The molecular weight excluding hydrogens is 318 g/mol. The maximum Gasteiger partial charge on any atom is 0.224 e. The van der Waals surface area contributed by atoms with Gasteiger partial charge in [-0.15, -0.1) is 0 Å². The third-order valence-electron chi connectivity index (χ3n) is 4.88. The number of hydrogen-bond acceptors (Lipinski definition) is 1. The van der Waals surface area contributed by atoms with Gasteiger partial charge in [-0.05, 0) is 45.7 Å². The molecule has 0 heterocycles. The first-order valence-electron chi connectivity index (χ1n) is 8.95. The van der Waals surface area contributed by atoms with Gasteiger partial charge in [-0.1, -0.05) is 78.9 Å². The van der Waals surface area contributed by atoms with Gasteiger partial charge in [-0.25, -0.2) is 0 Å². The van der Waals surface area contributed by atoms with Crippen LogP contribution in [0.4, 0.5) is 0 Å². The van der Waals surface area contributed by atoms with E-state index in [1.807, 2.05) is 43.3 Å². The molecule has 128 valence electrons. The molecule has 2 heteroatoms. The highest BCUT2D eigenvalue weighted by Gasteiger charge is 2.12. The Labute approximate surface area is 153 Å². The molecule has 26 heavy (non-hydrogen) atoms. The van der Waals surface area contributed by atoms with Gasteiger partial charge in [-0.3, -0.25) is 4.79 Å². The van der Waals surface area contributed by atoms with E-state index in [1.54, 1.807) is 0 Å². The van der Waals surface area contributed by atoms with Crippen LogP contribution in [0.1, 0.15) is 24.1 Å². The van der Waals surface area contributed by atoms with E-state index in [4.69, 9.17) is 0 Å². The first-order valence-corrected chi connectivity index (χ1v) is 8.95. The monoisotopic (exact) mass is 339 g/mol. The predicted octanol–water partition coefficient (Wildman–Crippen LogP) is 5.41. The second kappa shape index (κ2) is 7.01. The van der Waals surface area contributed by atoms with Gasteiger partial charge in [0.05, 0.1) is 12.5 Å². The molecule has 0 aromatic heterocycles. The molecule has 0 saturated heterocycles. The largest absolute Gasteiger partial charge is 0.349 e. The van der Waals surface area contributed by atoms with Crippen molar-refractivity contribution in [3.63, 3.8) is 0 Å². The van der Waals surface area contributed by atoms with E-state index in [1.165, 1.54) is 16.2 Å². The normalized spacial score (nSPS) is 12.2. The fraction of sp³-hybridized carbons (Fsp3) is 0.125. The first-order chi connectivity index (χ1) is 12.7. The van der Waals surface area contributed by atoms with E-state index >= 15 is 0 Å². The van der Waals surface area contributed by atoms with Crippen molar-refractivity contribution in [1.29, 1.82) is 0 Å². The van der Waals surface area contributed by atoms with E-state index in [2.05, 4.69) is 53.8 Å². The van der Waals surface area contributed by atoms with Crippen molar-refractivity contribution in [3.05, 3.63) is 96.1 Å². The molecule has 4 aromatic carbocycles. The van der Waals surface area contributed by atoms with Crippen LogP contribution >= 0.6 is 0 Å². The fourth-order valence-electron chi connectivity index (χ4n) is 3.47. The Morgan fingerprint density at radius 2 is 1.50 bits per heavy atom. The first kappa shape index (κ1) is 16.3. The minimum Gasteiger partial charge on any atom is -0.349 e. The molecule has 2 nitrogen and oxygen atoms in total. The SMILES string of the molecule is CC(NC(=O)Cc1cccc2ccccc12)c1ccc2ccccc2c1. The Balaban J connectivity index is 1.51. The maximum absolute atomic E-state index is 12.6. The molecule has 1 atom stereocenters. The highest BCUT2D eigenvalue weighted by Crippen LogP contribution is 2.22. The molecule has 4 aromatic rings. The molecule has 0 radical (unpaired) electrons. The number of hydrogen-bond donors (Lipinski definition) is 1. The van der Waals surface area contributed by atoms with Crippen LogP contribution in [0.25, 0.3) is 21.5 Å². The van der Waals surface area contributed by atoms with Gasteiger partial charge in [0.25, 0.3) is 0 Å². The number of carbonyl (C=O) groups is 1. The van der Waals surface area contributed by atoms with Crippen molar-refractivity contribution in [2.75, 3.05) is 0 Å². The van der Waals surface area contributed by atoms with Crippen LogP contribution in [-0.4, -0.2) is 5.91 Å². The molecule has 0 aliphatic heterocycles. The van der Waals surface area contributed by atoms with Gasteiger partial charge in [0.15, 0.2) is 0 Å². The molecule has 0 aliphatic rings. The molecule has 1 amide bonds. The number of rotatable bonds is 4. The summed E-state index contributed by atoms with van der Waals surface area (Å²) in [6.45, 7) is 2.03. The van der Waals surface area contributed by atoms with Crippen LogP contribution in [0.5, 0.6) is 0 Å². The Hall–Kier alpha value is -3.13. The fourth-order valence-corrected chi connectivity index (χ4v) is 3.47. The van der Waals surface area contributed by atoms with Crippen molar-refractivity contribution in [2.45, 2.75) is 19.4 Å². The molecular formula is C24H21NO. The zero-order chi connectivity index (χ0) is 17.9. The molecule has 1 N–H and O–H groups in total. The number of nitrogens with one attached hydrogen (secondary N) is 1. The maximum atomic E-state index is 12.6. The second-order valence-corrected chi connectivity index (χ2v) is 6.71. The lowest BCUT2D eigenvalue weighted by Gasteiger charge is -2.16. The van der Waals surface area contributed by atoms with Gasteiger partial charge in [0.2, 0.25) is 5.91 Å². The van der Waals surface area contributed by atoms with Crippen LogP contribution in [0, 0.1) is 0 Å². The smallest absolute Gasteiger partial charge is 0.224 e. The summed E-state index contributed by atoms with van der Waals surface area (Å²) in [6.07, 6.45) is 0.388. The Morgan fingerprint density at radius 1 is 0.808 bits per heavy atom. The van der Waals surface area contributed by atoms with E-state index in [0.717, 1.165) is 16.5 Å². The van der Waals surface area contributed by atoms with Gasteiger partial charge in [-0.2, -0.15) is 0 Å². The third kappa shape index (κ3) is 3.31. The number of amides is 1. The van der Waals surface area contributed by atoms with Crippen molar-refractivity contribution in [2.24, 2.45) is 0 Å². The minimum atomic E-state index is -0.0258. The van der Waals surface area contributed by atoms with Crippen LogP contribution < -0.4 is 5.32 Å². The predicted molar refractivity (Wildman–Crippen MR) is 108 cm³/mol. The summed E-state index contributed by atoms with van der Waals surface area (Å²) in [5.41, 5.74) is 2.18. The minimum absolute atomic E-state index is 0.0258. The highest BCUT2D eigenvalue weighted by atomic mass is 16.1. The van der Waals surface area contributed by atoms with Crippen LogP contribution in [0.3, 0.4) is 0 Å². The van der Waals surface area contributed by atoms with Crippen LogP contribution in [0.2, 0.25) is 0 Å². The Morgan fingerprint density at radius 3 is 2.35 bits per heavy atom. The summed E-state index contributed by atoms with van der Waals surface area (Å²) >= 11 is 0. The second-order valence-electron chi connectivity index (χ2n) is 6.71. The van der Waals surface area contributed by atoms with Gasteiger partial charge < -0.3 is 5.32 Å². The summed E-state index contributed by atoms with van der Waals surface area (Å²) < 4.78 is 0. The lowest BCUT2D eigenvalue weighted by molar-refractivity contribution is -0.121. The average molecular weight is 339 g/mol. The standard InChI is InChI=1S/C24H21NO/c1-17(20-14-13-18-7-2-3-9-21(18)15-20)25-24(26)16-22-11-6-10-19-8-4-5-12-23(19)22/h2-15,17H,16H2,1H3,(H,25,26). The Kier molecular flexibility index (Phi) is 4.40. The van der Waals surface area contributed by atoms with Crippen LogP contribution in [-0.2, 0) is 11.2 Å². The van der Waals surface area contributed by atoms with E-state index in [9.17, 15) is 4.79 Å². The quantitative estimate of drug-likeness (QED) is 0.529. The zero-order valence-corrected chi connectivity index (χ0v) is 14.8. The molecule has 0 aliphatic carbocycles. The van der Waals surface area contributed by atoms with Gasteiger partial charge >= 0.3 is 0 Å². The van der Waals surface area contributed by atoms with Gasteiger partial charge in [0.1, 0.15) is 0 Å². The lowest BCUT2D eigenvalue weighted by atomic mass is 10.0. The van der Waals surface area contributed by atoms with Crippen molar-refractivity contribution in [1.82, 2.24) is 5.32 Å². The molecule has 0 saturated carbocycles. The summed E-state index contributed by atoms with van der Waals surface area (Å²) in [5.74, 6) is 0.0435. The topological polar surface area (TPSA) is 29.1 Å². The van der Waals surface area contributed by atoms with E-state index < -0.39 is 0 Å². The molecule has 0 spiro atoms. The number of carbonyl (C=O) groups excluding carboxylic acids is 1. The Bertz CT molecular complexity index is 1080. The molecule has 0 bridgehead atoms. The number of benzene rings is 4. The van der Waals surface area contributed by atoms with Crippen molar-refractivity contribution < 1.29 is 4.79 Å². The highest BCUT2D eigenvalue weighted by molar-refractivity contribution is 5.90. The van der Waals surface area contributed by atoms with E-state index in [-0.39, 0.29) is 11.9 Å². The third-order valence-corrected chi connectivity index (χ3v) is 4.88.